The molecule has 0 saturated carbocycles. The lowest BCUT2D eigenvalue weighted by atomic mass is 10.1. The number of hydrogen-bond acceptors (Lipinski definition) is 1. The van der Waals surface area contributed by atoms with Crippen molar-refractivity contribution in [2.45, 2.75) is 12.5 Å². The van der Waals surface area contributed by atoms with E-state index in [9.17, 15) is 9.90 Å². The molecule has 0 aliphatic heterocycles. The summed E-state index contributed by atoms with van der Waals surface area (Å²) in [6.45, 7) is 0. The summed E-state index contributed by atoms with van der Waals surface area (Å²) < 4.78 is 1.73. The number of hydrogen-bond donors (Lipinski definition) is 2. The maximum Gasteiger partial charge on any atom is 0.327 e. The second-order valence-electron chi connectivity index (χ2n) is 4.55. The third kappa shape index (κ3) is 2.12. The van der Waals surface area contributed by atoms with Crippen molar-refractivity contribution in [1.82, 2.24) is 9.55 Å². The SMILES string of the molecule is O=C(O)C(Cc1c[nH]c2ccccc12)n1cccc1. The molecule has 0 amide bonds. The molecule has 2 aromatic heterocycles. The molecule has 2 N–H and O–H groups in total. The first kappa shape index (κ1) is 11.6. The largest absolute Gasteiger partial charge is 0.480 e. The normalized spacial score (nSPS) is 12.6. The Bertz CT molecular complexity index is 698. The maximum absolute atomic E-state index is 11.4. The minimum atomic E-state index is -0.818. The highest BCUT2D eigenvalue weighted by molar-refractivity contribution is 5.84. The van der Waals surface area contributed by atoms with Gasteiger partial charge in [0.15, 0.2) is 0 Å². The number of H-pyrrole nitrogens is 1. The van der Waals surface area contributed by atoms with Gasteiger partial charge in [-0.3, -0.25) is 0 Å². The van der Waals surface area contributed by atoms with Crippen LogP contribution in [0.5, 0.6) is 0 Å². The van der Waals surface area contributed by atoms with Gasteiger partial charge in [-0.25, -0.2) is 4.79 Å². The summed E-state index contributed by atoms with van der Waals surface area (Å²) >= 11 is 0. The van der Waals surface area contributed by atoms with Gasteiger partial charge in [-0.15, -0.1) is 0 Å². The Morgan fingerprint density at radius 3 is 2.68 bits per heavy atom. The summed E-state index contributed by atoms with van der Waals surface area (Å²) in [6, 6.07) is 11.0. The zero-order valence-electron chi connectivity index (χ0n) is 10.3. The van der Waals surface area contributed by atoms with Gasteiger partial charge in [0, 0.05) is 35.9 Å². The Morgan fingerprint density at radius 1 is 1.21 bits per heavy atom. The van der Waals surface area contributed by atoms with Crippen LogP contribution in [0.15, 0.2) is 55.0 Å². The molecule has 0 spiro atoms. The van der Waals surface area contributed by atoms with Gasteiger partial charge < -0.3 is 14.7 Å². The minimum absolute atomic E-state index is 0.466. The van der Waals surface area contributed by atoms with Gasteiger partial charge in [0.1, 0.15) is 6.04 Å². The summed E-state index contributed by atoms with van der Waals surface area (Å²) in [5.74, 6) is -0.818. The Hall–Kier alpha value is -2.49. The molecule has 0 aliphatic carbocycles. The molecule has 19 heavy (non-hydrogen) atoms. The first-order valence-electron chi connectivity index (χ1n) is 6.16. The molecule has 1 atom stereocenters. The number of nitrogens with one attached hydrogen (secondary N) is 1. The third-order valence-corrected chi connectivity index (χ3v) is 3.36. The van der Waals surface area contributed by atoms with E-state index in [-0.39, 0.29) is 0 Å². The summed E-state index contributed by atoms with van der Waals surface area (Å²) in [4.78, 5) is 14.6. The highest BCUT2D eigenvalue weighted by atomic mass is 16.4. The van der Waals surface area contributed by atoms with Gasteiger partial charge in [-0.2, -0.15) is 0 Å². The highest BCUT2D eigenvalue weighted by Gasteiger charge is 2.20. The zero-order chi connectivity index (χ0) is 13.2. The molecular formula is C15H14N2O2. The molecule has 1 unspecified atom stereocenters. The number of rotatable bonds is 4. The summed E-state index contributed by atoms with van der Waals surface area (Å²) in [6.07, 6.45) is 5.93. The van der Waals surface area contributed by atoms with Crippen molar-refractivity contribution in [3.05, 3.63) is 60.6 Å². The van der Waals surface area contributed by atoms with E-state index >= 15 is 0 Å². The molecule has 4 nitrogen and oxygen atoms in total. The van der Waals surface area contributed by atoms with Crippen LogP contribution in [0.3, 0.4) is 0 Å². The van der Waals surface area contributed by atoms with Crippen LogP contribution in [0.25, 0.3) is 10.9 Å². The van der Waals surface area contributed by atoms with Crippen molar-refractivity contribution in [3.63, 3.8) is 0 Å². The fraction of sp³-hybridized carbons (Fsp3) is 0.133. The number of benzene rings is 1. The molecule has 0 aliphatic rings. The van der Waals surface area contributed by atoms with Gasteiger partial charge in [-0.1, -0.05) is 18.2 Å². The molecule has 96 valence electrons. The van der Waals surface area contributed by atoms with Crippen LogP contribution in [-0.2, 0) is 11.2 Å². The van der Waals surface area contributed by atoms with Crippen molar-refractivity contribution < 1.29 is 9.90 Å². The van der Waals surface area contributed by atoms with Crippen LogP contribution in [0.4, 0.5) is 0 Å². The number of aromatic amines is 1. The van der Waals surface area contributed by atoms with Crippen LogP contribution in [-0.4, -0.2) is 20.6 Å². The lowest BCUT2D eigenvalue weighted by Gasteiger charge is -2.13. The van der Waals surface area contributed by atoms with Crippen molar-refractivity contribution >= 4 is 16.9 Å². The quantitative estimate of drug-likeness (QED) is 0.752. The average molecular weight is 254 g/mol. The standard InChI is InChI=1S/C15H14N2O2/c18-15(19)14(17-7-3-4-8-17)9-11-10-16-13-6-2-1-5-12(11)13/h1-8,10,14,16H,9H2,(H,18,19). The van der Waals surface area contributed by atoms with Crippen LogP contribution >= 0.6 is 0 Å². The number of para-hydroxylation sites is 1. The number of carboxylic acids is 1. The molecule has 2 heterocycles. The van der Waals surface area contributed by atoms with Crippen molar-refractivity contribution in [2.24, 2.45) is 0 Å². The topological polar surface area (TPSA) is 58.0 Å². The lowest BCUT2D eigenvalue weighted by Crippen LogP contribution is -2.20. The van der Waals surface area contributed by atoms with E-state index in [0.717, 1.165) is 16.5 Å². The molecule has 0 fully saturated rings. The predicted octanol–water partition coefficient (Wildman–Crippen LogP) is 2.84. The maximum atomic E-state index is 11.4. The Balaban J connectivity index is 1.96. The summed E-state index contributed by atoms with van der Waals surface area (Å²) in [5.41, 5.74) is 2.06. The van der Waals surface area contributed by atoms with E-state index in [1.54, 1.807) is 17.0 Å². The number of aromatic nitrogens is 2. The first-order valence-corrected chi connectivity index (χ1v) is 6.16. The van der Waals surface area contributed by atoms with E-state index in [1.165, 1.54) is 0 Å². The summed E-state index contributed by atoms with van der Waals surface area (Å²) in [7, 11) is 0. The van der Waals surface area contributed by atoms with E-state index in [0.29, 0.717) is 6.42 Å². The van der Waals surface area contributed by atoms with Gasteiger partial charge in [0.2, 0.25) is 0 Å². The van der Waals surface area contributed by atoms with Crippen molar-refractivity contribution in [1.29, 1.82) is 0 Å². The third-order valence-electron chi connectivity index (χ3n) is 3.36. The molecular weight excluding hydrogens is 240 g/mol. The lowest BCUT2D eigenvalue weighted by molar-refractivity contribution is -0.140. The second-order valence-corrected chi connectivity index (χ2v) is 4.55. The van der Waals surface area contributed by atoms with Crippen LogP contribution in [0.1, 0.15) is 11.6 Å². The van der Waals surface area contributed by atoms with Crippen LogP contribution in [0, 0.1) is 0 Å². The van der Waals surface area contributed by atoms with Gasteiger partial charge >= 0.3 is 5.97 Å². The second kappa shape index (κ2) is 4.65. The molecule has 0 radical (unpaired) electrons. The number of carboxylic acid groups (broad SMARTS) is 1. The number of nitrogens with zero attached hydrogens (tertiary/aromatic N) is 1. The zero-order valence-corrected chi connectivity index (χ0v) is 10.3. The predicted molar refractivity (Wildman–Crippen MR) is 73.1 cm³/mol. The van der Waals surface area contributed by atoms with Crippen molar-refractivity contribution in [2.75, 3.05) is 0 Å². The highest BCUT2D eigenvalue weighted by Crippen LogP contribution is 2.23. The monoisotopic (exact) mass is 254 g/mol. The fourth-order valence-corrected chi connectivity index (χ4v) is 2.38. The number of fused-ring (bicyclic) bond motifs is 1. The van der Waals surface area contributed by atoms with Gasteiger partial charge in [-0.05, 0) is 23.8 Å². The fourth-order valence-electron chi connectivity index (χ4n) is 2.38. The van der Waals surface area contributed by atoms with Gasteiger partial charge in [0.25, 0.3) is 0 Å². The summed E-state index contributed by atoms with van der Waals surface area (Å²) in [5, 5.41) is 10.5. The molecule has 3 aromatic rings. The number of aliphatic carboxylic acids is 1. The molecule has 3 rings (SSSR count). The molecule has 0 saturated heterocycles. The van der Waals surface area contributed by atoms with E-state index in [4.69, 9.17) is 0 Å². The Morgan fingerprint density at radius 2 is 1.95 bits per heavy atom. The molecule has 1 aromatic carbocycles. The smallest absolute Gasteiger partial charge is 0.327 e. The average Bonchev–Trinajstić information content (AvgIpc) is 3.05. The Kier molecular flexibility index (Phi) is 2.83. The van der Waals surface area contributed by atoms with Gasteiger partial charge in [0.05, 0.1) is 0 Å². The number of carbonyl (C=O) groups is 1. The van der Waals surface area contributed by atoms with Crippen LogP contribution < -0.4 is 0 Å². The van der Waals surface area contributed by atoms with E-state index in [1.807, 2.05) is 42.6 Å². The van der Waals surface area contributed by atoms with E-state index < -0.39 is 12.0 Å². The molecule has 4 heteroatoms. The molecule has 0 bridgehead atoms. The Labute approximate surface area is 110 Å². The van der Waals surface area contributed by atoms with Crippen molar-refractivity contribution in [3.8, 4) is 0 Å². The first-order chi connectivity index (χ1) is 9.25. The van der Waals surface area contributed by atoms with Crippen LogP contribution in [0.2, 0.25) is 0 Å². The van der Waals surface area contributed by atoms with E-state index in [2.05, 4.69) is 4.98 Å². The minimum Gasteiger partial charge on any atom is -0.480 e.